The smallest absolute Gasteiger partial charge is 0.206 e. The maximum atomic E-state index is 13.3. The minimum atomic E-state index is -1.01. The van der Waals surface area contributed by atoms with E-state index in [0.29, 0.717) is 17.6 Å². The van der Waals surface area contributed by atoms with Gasteiger partial charge in [0.15, 0.2) is 6.23 Å². The number of nitrogens with two attached hydrogens (primary N) is 1. The third-order valence-corrected chi connectivity index (χ3v) is 2.71. The molecule has 0 aromatic heterocycles. The first-order chi connectivity index (χ1) is 8.63. The van der Waals surface area contributed by atoms with Crippen molar-refractivity contribution in [1.29, 1.82) is 0 Å². The molecule has 0 spiro atoms. The van der Waals surface area contributed by atoms with Crippen molar-refractivity contribution in [2.75, 3.05) is 6.61 Å². The Hall–Kier alpha value is -1.78. The van der Waals surface area contributed by atoms with Crippen molar-refractivity contribution in [3.05, 3.63) is 47.8 Å². The number of fused-ring (bicyclic) bond motifs is 1. The number of Topliss-reactive ketones (excluding diaryl/α,β-unsaturated/α-hetero) is 1. The van der Waals surface area contributed by atoms with Gasteiger partial charge in [-0.05, 0) is 29.8 Å². The van der Waals surface area contributed by atoms with Gasteiger partial charge < -0.3 is 4.74 Å². The Morgan fingerprint density at radius 2 is 2.17 bits per heavy atom. The number of carbonyl (C=O) groups excluding carboxylic acids is 1. The number of ketones is 1. The first-order valence-electron chi connectivity index (χ1n) is 5.73. The van der Waals surface area contributed by atoms with Crippen LogP contribution in [0.4, 0.5) is 4.39 Å². The van der Waals surface area contributed by atoms with Gasteiger partial charge in [0.2, 0.25) is 5.78 Å². The average molecular weight is 247 g/mol. The van der Waals surface area contributed by atoms with Gasteiger partial charge in [-0.15, -0.1) is 0 Å². The molecule has 2 aromatic carbocycles. The molecule has 2 aromatic rings. The van der Waals surface area contributed by atoms with Crippen LogP contribution in [0.15, 0.2) is 36.4 Å². The molecule has 0 heterocycles. The third-order valence-electron chi connectivity index (χ3n) is 2.71. The molecule has 0 saturated heterocycles. The molecule has 0 aliphatic heterocycles. The van der Waals surface area contributed by atoms with E-state index in [2.05, 4.69) is 0 Å². The van der Waals surface area contributed by atoms with Crippen LogP contribution in [0.5, 0.6) is 0 Å². The summed E-state index contributed by atoms with van der Waals surface area (Å²) in [5.74, 6) is -0.721. The van der Waals surface area contributed by atoms with Crippen LogP contribution in [0.2, 0.25) is 0 Å². The van der Waals surface area contributed by atoms with Crippen LogP contribution in [0, 0.1) is 5.82 Å². The molecule has 4 heteroatoms. The van der Waals surface area contributed by atoms with E-state index in [9.17, 15) is 9.18 Å². The summed E-state index contributed by atoms with van der Waals surface area (Å²) in [7, 11) is 0. The van der Waals surface area contributed by atoms with Crippen molar-refractivity contribution in [2.45, 2.75) is 13.2 Å². The largest absolute Gasteiger partial charge is 0.356 e. The van der Waals surface area contributed by atoms with E-state index in [0.717, 1.165) is 5.39 Å². The van der Waals surface area contributed by atoms with Crippen molar-refractivity contribution in [3.63, 3.8) is 0 Å². The summed E-state index contributed by atoms with van der Waals surface area (Å²) in [6, 6.07) is 9.51. The van der Waals surface area contributed by atoms with Gasteiger partial charge >= 0.3 is 0 Å². The van der Waals surface area contributed by atoms with Crippen LogP contribution in [-0.4, -0.2) is 18.6 Å². The molecule has 18 heavy (non-hydrogen) atoms. The fourth-order valence-corrected chi connectivity index (χ4v) is 1.87. The van der Waals surface area contributed by atoms with Crippen LogP contribution in [0.1, 0.15) is 17.3 Å². The Morgan fingerprint density at radius 1 is 1.39 bits per heavy atom. The van der Waals surface area contributed by atoms with Crippen LogP contribution >= 0.6 is 0 Å². The maximum Gasteiger partial charge on any atom is 0.206 e. The van der Waals surface area contributed by atoms with Gasteiger partial charge in [-0.25, -0.2) is 4.39 Å². The van der Waals surface area contributed by atoms with E-state index in [-0.39, 0.29) is 11.6 Å². The van der Waals surface area contributed by atoms with Gasteiger partial charge in [0.05, 0.1) is 0 Å². The molecule has 0 bridgehead atoms. The lowest BCUT2D eigenvalue weighted by atomic mass is 10.0. The molecule has 2 N–H and O–H groups in total. The summed E-state index contributed by atoms with van der Waals surface area (Å²) >= 11 is 0. The van der Waals surface area contributed by atoms with E-state index in [1.165, 1.54) is 12.1 Å². The van der Waals surface area contributed by atoms with E-state index in [1.807, 2.05) is 6.07 Å². The Kier molecular flexibility index (Phi) is 3.69. The quantitative estimate of drug-likeness (QED) is 0.667. The minimum absolute atomic E-state index is 0.340. The lowest BCUT2D eigenvalue weighted by Gasteiger charge is -2.12. The second kappa shape index (κ2) is 5.25. The molecule has 1 unspecified atom stereocenters. The molecule has 2 rings (SSSR count). The molecule has 0 fully saturated rings. The lowest BCUT2D eigenvalue weighted by Crippen LogP contribution is -2.33. The summed E-state index contributed by atoms with van der Waals surface area (Å²) in [4.78, 5) is 12.1. The number of rotatable bonds is 4. The molecular weight excluding hydrogens is 233 g/mol. The summed E-state index contributed by atoms with van der Waals surface area (Å²) in [5, 5.41) is 1.35. The van der Waals surface area contributed by atoms with Gasteiger partial charge in [-0.2, -0.15) is 0 Å². The number of hydrogen-bond acceptors (Lipinski definition) is 3. The molecule has 0 aliphatic carbocycles. The van der Waals surface area contributed by atoms with Crippen molar-refractivity contribution < 1.29 is 13.9 Å². The second-order valence-electron chi connectivity index (χ2n) is 3.91. The summed E-state index contributed by atoms with van der Waals surface area (Å²) in [6.45, 7) is 2.11. The van der Waals surface area contributed by atoms with Crippen LogP contribution < -0.4 is 5.73 Å². The van der Waals surface area contributed by atoms with Gasteiger partial charge in [-0.3, -0.25) is 10.5 Å². The molecule has 3 nitrogen and oxygen atoms in total. The summed E-state index contributed by atoms with van der Waals surface area (Å²) < 4.78 is 18.3. The lowest BCUT2D eigenvalue weighted by molar-refractivity contribution is 0.0481. The zero-order valence-corrected chi connectivity index (χ0v) is 10.0. The highest BCUT2D eigenvalue weighted by Gasteiger charge is 2.18. The van der Waals surface area contributed by atoms with Crippen molar-refractivity contribution in [3.8, 4) is 0 Å². The highest BCUT2D eigenvalue weighted by atomic mass is 19.1. The Bertz CT molecular complexity index is 583. The first-order valence-corrected chi connectivity index (χ1v) is 5.73. The third kappa shape index (κ3) is 2.39. The molecule has 0 radical (unpaired) electrons. The summed E-state index contributed by atoms with van der Waals surface area (Å²) in [6.07, 6.45) is -1.01. The SMILES string of the molecule is CCOC(N)C(=O)c1cccc2ccc(F)cc12. The predicted octanol–water partition coefficient (Wildman–Crippen LogP) is 2.48. The van der Waals surface area contributed by atoms with Crippen molar-refractivity contribution in [1.82, 2.24) is 0 Å². The fourth-order valence-electron chi connectivity index (χ4n) is 1.87. The topological polar surface area (TPSA) is 52.3 Å². The number of carbonyl (C=O) groups is 1. The number of halogens is 1. The monoisotopic (exact) mass is 247 g/mol. The molecule has 0 saturated carbocycles. The molecule has 0 amide bonds. The zero-order valence-electron chi connectivity index (χ0n) is 10.0. The van der Waals surface area contributed by atoms with Crippen molar-refractivity contribution >= 4 is 16.6 Å². The van der Waals surface area contributed by atoms with E-state index >= 15 is 0 Å². The molecule has 94 valence electrons. The Morgan fingerprint density at radius 3 is 2.89 bits per heavy atom. The molecule has 1 atom stereocenters. The molecular formula is C14H14FNO2. The van der Waals surface area contributed by atoms with Gasteiger partial charge in [0, 0.05) is 12.2 Å². The van der Waals surface area contributed by atoms with E-state index in [4.69, 9.17) is 10.5 Å². The Balaban J connectivity index is 2.50. The standard InChI is InChI=1S/C14H14FNO2/c1-2-18-14(16)13(17)11-5-3-4-9-6-7-10(15)8-12(9)11/h3-8,14H,2,16H2,1H3. The van der Waals surface area contributed by atoms with E-state index in [1.54, 1.807) is 25.1 Å². The van der Waals surface area contributed by atoms with Gasteiger partial charge in [0.1, 0.15) is 5.82 Å². The van der Waals surface area contributed by atoms with Crippen LogP contribution in [0.25, 0.3) is 10.8 Å². The molecule has 0 aliphatic rings. The predicted molar refractivity (Wildman–Crippen MR) is 67.8 cm³/mol. The highest BCUT2D eigenvalue weighted by molar-refractivity contribution is 6.09. The van der Waals surface area contributed by atoms with Crippen LogP contribution in [-0.2, 0) is 4.74 Å². The average Bonchev–Trinajstić information content (AvgIpc) is 2.37. The first kappa shape index (κ1) is 12.7. The number of benzene rings is 2. The van der Waals surface area contributed by atoms with Crippen LogP contribution in [0.3, 0.4) is 0 Å². The second-order valence-corrected chi connectivity index (χ2v) is 3.91. The highest BCUT2D eigenvalue weighted by Crippen LogP contribution is 2.21. The number of ether oxygens (including phenoxy) is 1. The zero-order chi connectivity index (χ0) is 13.1. The van der Waals surface area contributed by atoms with Crippen molar-refractivity contribution in [2.24, 2.45) is 5.73 Å². The number of hydrogen-bond donors (Lipinski definition) is 1. The van der Waals surface area contributed by atoms with E-state index < -0.39 is 6.23 Å². The normalized spacial score (nSPS) is 12.6. The summed E-state index contributed by atoms with van der Waals surface area (Å²) in [5.41, 5.74) is 6.01. The Labute approximate surface area is 104 Å². The maximum absolute atomic E-state index is 13.3. The minimum Gasteiger partial charge on any atom is -0.356 e. The van der Waals surface area contributed by atoms with Gasteiger partial charge in [-0.1, -0.05) is 24.3 Å². The van der Waals surface area contributed by atoms with Gasteiger partial charge in [0.25, 0.3) is 0 Å². The fraction of sp³-hybridized carbons (Fsp3) is 0.214.